The summed E-state index contributed by atoms with van der Waals surface area (Å²) >= 11 is 0. The van der Waals surface area contributed by atoms with Gasteiger partial charge in [0.1, 0.15) is 0 Å². The molecule has 0 rings (SSSR count). The largest absolute Gasteiger partial charge is 0.151 e. The lowest BCUT2D eigenvalue weighted by Crippen LogP contribution is -1.82. The summed E-state index contributed by atoms with van der Waals surface area (Å²) in [5.41, 5.74) is 0. The average Bonchev–Trinajstić information content (AvgIpc) is 2.16. The molecule has 2 heteroatoms. The van der Waals surface area contributed by atoms with E-state index in [1.54, 1.807) is 0 Å². The van der Waals surface area contributed by atoms with Crippen molar-refractivity contribution < 1.29 is 0 Å². The molecule has 0 spiro atoms. The van der Waals surface area contributed by atoms with Crippen molar-refractivity contribution >= 4 is 0 Å². The van der Waals surface area contributed by atoms with Crippen LogP contribution in [0.15, 0.2) is 5.18 Å². The summed E-state index contributed by atoms with van der Waals surface area (Å²) in [5.74, 6) is 0. The Kier molecular flexibility index (Phi) is 11.2. The third-order valence-corrected chi connectivity index (χ3v) is 2.35. The summed E-state index contributed by atoms with van der Waals surface area (Å²) in [6, 6.07) is 0. The molecule has 0 unspecified atom stereocenters. The van der Waals surface area contributed by atoms with Gasteiger partial charge < -0.3 is 0 Å². The first kappa shape index (κ1) is 12.6. The second kappa shape index (κ2) is 11.6. The molecule has 0 aromatic heterocycles. The van der Waals surface area contributed by atoms with E-state index in [0.29, 0.717) is 6.54 Å². The predicted octanol–water partition coefficient (Wildman–Crippen LogP) is 4.28. The van der Waals surface area contributed by atoms with Crippen LogP contribution in [0.3, 0.4) is 0 Å². The Balaban J connectivity index is 2.79. The van der Waals surface area contributed by atoms with Gasteiger partial charge in [-0.3, -0.25) is 0 Å². The second-order valence-corrected chi connectivity index (χ2v) is 3.68. The van der Waals surface area contributed by atoms with Gasteiger partial charge in [0.25, 0.3) is 0 Å². The van der Waals surface area contributed by atoms with Crippen LogP contribution in [-0.2, 0) is 0 Å². The average molecular weight is 185 g/mol. The molecule has 0 aliphatic rings. The number of nitrogens with zero attached hydrogens (tertiary/aromatic N) is 1. The van der Waals surface area contributed by atoms with Crippen LogP contribution in [0.25, 0.3) is 0 Å². The van der Waals surface area contributed by atoms with E-state index in [2.05, 4.69) is 12.1 Å². The summed E-state index contributed by atoms with van der Waals surface area (Å²) in [4.78, 5) is 9.76. The molecule has 78 valence electrons. The van der Waals surface area contributed by atoms with Crippen LogP contribution in [0.5, 0.6) is 0 Å². The van der Waals surface area contributed by atoms with E-state index < -0.39 is 0 Å². The molecule has 0 bridgehead atoms. The van der Waals surface area contributed by atoms with Crippen LogP contribution in [0.4, 0.5) is 0 Å². The van der Waals surface area contributed by atoms with E-state index in [1.807, 2.05) is 0 Å². The van der Waals surface area contributed by atoms with E-state index in [0.717, 1.165) is 6.42 Å². The molecule has 0 saturated carbocycles. The van der Waals surface area contributed by atoms with Gasteiger partial charge >= 0.3 is 0 Å². The Morgan fingerprint density at radius 2 is 1.23 bits per heavy atom. The van der Waals surface area contributed by atoms with Gasteiger partial charge in [0.05, 0.1) is 6.54 Å². The summed E-state index contributed by atoms with van der Waals surface area (Å²) < 4.78 is 0. The monoisotopic (exact) mass is 185 g/mol. The lowest BCUT2D eigenvalue weighted by atomic mass is 10.1. The summed E-state index contributed by atoms with van der Waals surface area (Å²) in [6.07, 6.45) is 11.6. The molecule has 0 aliphatic heterocycles. The fourth-order valence-electron chi connectivity index (χ4n) is 1.49. The first-order chi connectivity index (χ1) is 6.41. The van der Waals surface area contributed by atoms with Crippen molar-refractivity contribution in [2.24, 2.45) is 5.18 Å². The highest BCUT2D eigenvalue weighted by Crippen LogP contribution is 2.09. The predicted molar refractivity (Wildman–Crippen MR) is 57.9 cm³/mol. The quantitative estimate of drug-likeness (QED) is 0.369. The fraction of sp³-hybridized carbons (Fsp3) is 1.00. The molecule has 0 radical (unpaired) electrons. The third-order valence-electron chi connectivity index (χ3n) is 2.35. The molecular weight excluding hydrogens is 162 g/mol. The zero-order valence-electron chi connectivity index (χ0n) is 8.93. The molecule has 0 heterocycles. The third kappa shape index (κ3) is 11.6. The zero-order valence-corrected chi connectivity index (χ0v) is 8.93. The lowest BCUT2D eigenvalue weighted by Gasteiger charge is -1.99. The Hall–Kier alpha value is -0.400. The van der Waals surface area contributed by atoms with Crippen molar-refractivity contribution in [3.8, 4) is 0 Å². The van der Waals surface area contributed by atoms with Crippen LogP contribution < -0.4 is 0 Å². The highest BCUT2D eigenvalue weighted by atomic mass is 16.3. The van der Waals surface area contributed by atoms with Crippen LogP contribution in [-0.4, -0.2) is 6.54 Å². The van der Waals surface area contributed by atoms with Crippen LogP contribution in [0.1, 0.15) is 64.7 Å². The van der Waals surface area contributed by atoms with Gasteiger partial charge in [-0.1, -0.05) is 63.5 Å². The number of hydrogen-bond donors (Lipinski definition) is 0. The van der Waals surface area contributed by atoms with E-state index in [9.17, 15) is 4.91 Å². The number of rotatable bonds is 10. The molecule has 0 aliphatic carbocycles. The minimum atomic E-state index is 0.510. The van der Waals surface area contributed by atoms with Gasteiger partial charge in [-0.25, -0.2) is 0 Å². The van der Waals surface area contributed by atoms with Crippen molar-refractivity contribution in [2.75, 3.05) is 6.54 Å². The Morgan fingerprint density at radius 1 is 0.769 bits per heavy atom. The van der Waals surface area contributed by atoms with Crippen molar-refractivity contribution in [1.82, 2.24) is 0 Å². The topological polar surface area (TPSA) is 29.4 Å². The Bertz CT molecular complexity index is 104. The standard InChI is InChI=1S/C11H23NO/c1-2-3-4-5-6-7-8-9-10-11-12-13/h2-11H2,1H3. The number of nitroso groups, excluding NO2 is 1. The van der Waals surface area contributed by atoms with Crippen LogP contribution in [0, 0.1) is 4.91 Å². The molecule has 0 aromatic rings. The van der Waals surface area contributed by atoms with Gasteiger partial charge in [-0.15, -0.1) is 0 Å². The molecule has 0 amide bonds. The molecule has 0 aromatic carbocycles. The molecule has 0 saturated heterocycles. The zero-order chi connectivity index (χ0) is 9.78. The smallest absolute Gasteiger partial charge is 0.0811 e. The van der Waals surface area contributed by atoms with Gasteiger partial charge in [0, 0.05) is 0 Å². The first-order valence-electron chi connectivity index (χ1n) is 5.71. The van der Waals surface area contributed by atoms with Gasteiger partial charge in [0.15, 0.2) is 0 Å². The normalized spacial score (nSPS) is 10.2. The highest BCUT2D eigenvalue weighted by molar-refractivity contribution is 4.48. The van der Waals surface area contributed by atoms with Crippen molar-refractivity contribution in [2.45, 2.75) is 64.7 Å². The molecule has 2 nitrogen and oxygen atoms in total. The number of hydrogen-bond acceptors (Lipinski definition) is 2. The summed E-state index contributed by atoms with van der Waals surface area (Å²) in [7, 11) is 0. The van der Waals surface area contributed by atoms with Crippen molar-refractivity contribution in [3.63, 3.8) is 0 Å². The molecular formula is C11H23NO. The maximum Gasteiger partial charge on any atom is 0.0811 e. The Morgan fingerprint density at radius 3 is 1.69 bits per heavy atom. The molecule has 0 atom stereocenters. The van der Waals surface area contributed by atoms with Crippen molar-refractivity contribution in [1.29, 1.82) is 0 Å². The second-order valence-electron chi connectivity index (χ2n) is 3.68. The maximum absolute atomic E-state index is 9.76. The fourth-order valence-corrected chi connectivity index (χ4v) is 1.49. The minimum absolute atomic E-state index is 0.510. The number of unbranched alkanes of at least 4 members (excludes halogenated alkanes) is 8. The van der Waals surface area contributed by atoms with Crippen LogP contribution in [0.2, 0.25) is 0 Å². The first-order valence-corrected chi connectivity index (χ1v) is 5.71. The summed E-state index contributed by atoms with van der Waals surface area (Å²) in [6.45, 7) is 2.75. The van der Waals surface area contributed by atoms with E-state index in [-0.39, 0.29) is 0 Å². The summed E-state index contributed by atoms with van der Waals surface area (Å²) in [5, 5.41) is 2.84. The van der Waals surface area contributed by atoms with E-state index >= 15 is 0 Å². The molecule has 13 heavy (non-hydrogen) atoms. The lowest BCUT2D eigenvalue weighted by molar-refractivity contribution is 0.567. The van der Waals surface area contributed by atoms with E-state index in [4.69, 9.17) is 0 Å². The van der Waals surface area contributed by atoms with E-state index in [1.165, 1.54) is 51.4 Å². The van der Waals surface area contributed by atoms with Crippen LogP contribution >= 0.6 is 0 Å². The molecule has 0 fully saturated rings. The maximum atomic E-state index is 9.76. The SMILES string of the molecule is CCCCCCCCCCCN=O. The minimum Gasteiger partial charge on any atom is -0.151 e. The highest BCUT2D eigenvalue weighted by Gasteiger charge is 1.91. The van der Waals surface area contributed by atoms with Gasteiger partial charge in [0.2, 0.25) is 0 Å². The van der Waals surface area contributed by atoms with Gasteiger partial charge in [-0.2, -0.15) is 4.91 Å². The van der Waals surface area contributed by atoms with Gasteiger partial charge in [-0.05, 0) is 6.42 Å². The van der Waals surface area contributed by atoms with Crippen molar-refractivity contribution in [3.05, 3.63) is 4.91 Å². The Labute approximate surface area is 82.1 Å². The molecule has 0 N–H and O–H groups in total.